The summed E-state index contributed by atoms with van der Waals surface area (Å²) in [5.74, 6) is -1.35. The Labute approximate surface area is 117 Å². The lowest BCUT2D eigenvalue weighted by Crippen LogP contribution is -2.23. The second-order valence-corrected chi connectivity index (χ2v) is 5.14. The zero-order chi connectivity index (χ0) is 13.7. The van der Waals surface area contributed by atoms with Crippen LogP contribution in [-0.4, -0.2) is 28.5 Å². The van der Waals surface area contributed by atoms with Crippen LogP contribution in [0, 0.1) is 0 Å². The Kier molecular flexibility index (Phi) is 4.43. The topological polar surface area (TPSA) is 79.3 Å². The predicted octanol–water partition coefficient (Wildman–Crippen LogP) is 2.24. The van der Waals surface area contributed by atoms with E-state index in [1.165, 1.54) is 17.4 Å². The number of hydrogen-bond donors (Lipinski definition) is 2. The van der Waals surface area contributed by atoms with E-state index >= 15 is 0 Å². The van der Waals surface area contributed by atoms with Crippen molar-refractivity contribution in [3.8, 4) is 10.6 Å². The molecule has 0 atom stereocenters. The molecule has 0 unspecified atom stereocenters. The number of aliphatic carboxylic acids is 1. The van der Waals surface area contributed by atoms with Gasteiger partial charge in [0.25, 0.3) is 5.91 Å². The molecular weight excluding hydrogens is 284 g/mol. The molecule has 0 aliphatic rings. The number of thiazole rings is 1. The molecule has 2 N–H and O–H groups in total. The molecule has 0 bridgehead atoms. The molecule has 0 aliphatic heterocycles. The van der Waals surface area contributed by atoms with Gasteiger partial charge in [-0.05, 0) is 11.4 Å². The first-order chi connectivity index (χ1) is 9.16. The molecule has 0 aromatic carbocycles. The molecule has 2 rings (SSSR count). The Morgan fingerprint density at radius 2 is 2.26 bits per heavy atom. The van der Waals surface area contributed by atoms with E-state index in [9.17, 15) is 9.59 Å². The second kappa shape index (κ2) is 6.26. The van der Waals surface area contributed by atoms with Crippen LogP contribution in [0.4, 0.5) is 0 Å². The summed E-state index contributed by atoms with van der Waals surface area (Å²) in [5.41, 5.74) is 1.34. The molecule has 0 radical (unpaired) electrons. The number of carboxylic acid groups (broad SMARTS) is 1. The third-order valence-electron chi connectivity index (χ3n) is 2.15. The molecule has 98 valence electrons. The van der Waals surface area contributed by atoms with Gasteiger partial charge in [0.15, 0.2) is 0 Å². The number of carbonyl (C=O) groups is 2. The van der Waals surface area contributed by atoms with Crippen LogP contribution in [-0.2, 0) is 4.79 Å². The van der Waals surface area contributed by atoms with E-state index in [4.69, 9.17) is 5.11 Å². The van der Waals surface area contributed by atoms with E-state index in [1.807, 2.05) is 16.8 Å². The maximum absolute atomic E-state index is 11.7. The van der Waals surface area contributed by atoms with Crippen LogP contribution in [0.25, 0.3) is 10.6 Å². The number of nitrogens with one attached hydrogen (secondary N) is 1. The lowest BCUT2D eigenvalue weighted by atomic mass is 10.3. The van der Waals surface area contributed by atoms with Gasteiger partial charge in [0.2, 0.25) is 0 Å². The monoisotopic (exact) mass is 294 g/mol. The molecule has 2 aromatic heterocycles. The summed E-state index contributed by atoms with van der Waals surface area (Å²) in [6, 6.07) is 1.95. The Morgan fingerprint density at radius 1 is 1.42 bits per heavy atom. The summed E-state index contributed by atoms with van der Waals surface area (Å²) >= 11 is 2.98. The van der Waals surface area contributed by atoms with Gasteiger partial charge < -0.3 is 10.4 Å². The third kappa shape index (κ3) is 3.73. The lowest BCUT2D eigenvalue weighted by molar-refractivity contribution is -0.131. The minimum atomic E-state index is -1.04. The smallest absolute Gasteiger partial charge is 0.328 e. The first-order valence-corrected chi connectivity index (χ1v) is 7.15. The lowest BCUT2D eigenvalue weighted by Gasteiger charge is -1.97. The van der Waals surface area contributed by atoms with Gasteiger partial charge in [-0.25, -0.2) is 9.78 Å². The molecule has 5 nitrogen and oxygen atoms in total. The van der Waals surface area contributed by atoms with Crippen molar-refractivity contribution in [3.05, 3.63) is 40.1 Å². The molecule has 7 heteroatoms. The van der Waals surface area contributed by atoms with E-state index in [0.29, 0.717) is 5.69 Å². The van der Waals surface area contributed by atoms with Crippen molar-refractivity contribution in [1.82, 2.24) is 10.3 Å². The summed E-state index contributed by atoms with van der Waals surface area (Å²) in [6.45, 7) is 0.163. The van der Waals surface area contributed by atoms with E-state index in [-0.39, 0.29) is 12.5 Å². The fraction of sp³-hybridized carbons (Fsp3) is 0.0833. The van der Waals surface area contributed by atoms with Crippen LogP contribution in [0.1, 0.15) is 10.5 Å². The van der Waals surface area contributed by atoms with Crippen LogP contribution in [0.3, 0.4) is 0 Å². The van der Waals surface area contributed by atoms with E-state index in [0.717, 1.165) is 16.6 Å². The highest BCUT2D eigenvalue weighted by Gasteiger charge is 2.10. The molecule has 2 heterocycles. The quantitative estimate of drug-likeness (QED) is 0.829. The van der Waals surface area contributed by atoms with Gasteiger partial charge >= 0.3 is 5.97 Å². The minimum Gasteiger partial charge on any atom is -0.478 e. The summed E-state index contributed by atoms with van der Waals surface area (Å²) in [7, 11) is 0. The number of nitrogens with zero attached hydrogens (tertiary/aromatic N) is 1. The van der Waals surface area contributed by atoms with Gasteiger partial charge in [-0.1, -0.05) is 6.08 Å². The normalized spacial score (nSPS) is 10.7. The molecule has 19 heavy (non-hydrogen) atoms. The Balaban J connectivity index is 1.95. The van der Waals surface area contributed by atoms with Crippen LogP contribution in [0.5, 0.6) is 0 Å². The Morgan fingerprint density at radius 3 is 2.95 bits per heavy atom. The standard InChI is InChI=1S/C12H10N2O3S2/c15-10(16)2-1-4-13-11(17)9-7-19-12(14-9)8-3-5-18-6-8/h1-3,5-7H,4H2,(H,13,17)(H,15,16)/b2-1+. The maximum atomic E-state index is 11.7. The highest BCUT2D eigenvalue weighted by atomic mass is 32.1. The zero-order valence-corrected chi connectivity index (χ0v) is 11.3. The molecule has 0 saturated carbocycles. The largest absolute Gasteiger partial charge is 0.478 e. The molecule has 0 spiro atoms. The van der Waals surface area contributed by atoms with Crippen molar-refractivity contribution < 1.29 is 14.7 Å². The molecule has 1 amide bonds. The Hall–Kier alpha value is -1.99. The van der Waals surface area contributed by atoms with Gasteiger partial charge in [-0.15, -0.1) is 11.3 Å². The highest BCUT2D eigenvalue weighted by Crippen LogP contribution is 2.25. The average molecular weight is 294 g/mol. The highest BCUT2D eigenvalue weighted by molar-refractivity contribution is 7.14. The zero-order valence-electron chi connectivity index (χ0n) is 9.70. The average Bonchev–Trinajstić information content (AvgIpc) is 3.03. The predicted molar refractivity (Wildman–Crippen MR) is 74.5 cm³/mol. The fourth-order valence-electron chi connectivity index (χ4n) is 1.30. The molecular formula is C12H10N2O3S2. The number of amides is 1. The van der Waals surface area contributed by atoms with Crippen molar-refractivity contribution >= 4 is 34.6 Å². The first-order valence-electron chi connectivity index (χ1n) is 5.32. The van der Waals surface area contributed by atoms with Crippen molar-refractivity contribution in [2.45, 2.75) is 0 Å². The van der Waals surface area contributed by atoms with Gasteiger partial charge in [0.1, 0.15) is 10.7 Å². The summed E-state index contributed by atoms with van der Waals surface area (Å²) < 4.78 is 0. The summed E-state index contributed by atoms with van der Waals surface area (Å²) in [4.78, 5) is 26.2. The fourth-order valence-corrected chi connectivity index (χ4v) is 2.81. The van der Waals surface area contributed by atoms with Crippen molar-refractivity contribution in [2.24, 2.45) is 0 Å². The van der Waals surface area contributed by atoms with Gasteiger partial charge in [0, 0.05) is 28.9 Å². The second-order valence-electron chi connectivity index (χ2n) is 3.50. The maximum Gasteiger partial charge on any atom is 0.328 e. The summed E-state index contributed by atoms with van der Waals surface area (Å²) in [5, 5.41) is 17.4. The number of aromatic nitrogens is 1. The molecule has 0 fully saturated rings. The number of thiophene rings is 1. The SMILES string of the molecule is O=C(O)/C=C/CNC(=O)c1csc(-c2ccsc2)n1. The van der Waals surface area contributed by atoms with Crippen LogP contribution >= 0.6 is 22.7 Å². The number of rotatable bonds is 5. The van der Waals surface area contributed by atoms with E-state index < -0.39 is 5.97 Å². The van der Waals surface area contributed by atoms with E-state index in [2.05, 4.69) is 10.3 Å². The first kappa shape index (κ1) is 13.4. The number of carbonyl (C=O) groups excluding carboxylic acids is 1. The number of carboxylic acids is 1. The van der Waals surface area contributed by atoms with Crippen LogP contribution in [0.2, 0.25) is 0 Å². The molecule has 2 aromatic rings. The number of hydrogen-bond acceptors (Lipinski definition) is 5. The Bertz CT molecular complexity index is 602. The molecule has 0 aliphatic carbocycles. The van der Waals surface area contributed by atoms with Gasteiger partial charge in [0.05, 0.1) is 0 Å². The minimum absolute atomic E-state index is 0.163. The van der Waals surface area contributed by atoms with Crippen LogP contribution in [0.15, 0.2) is 34.4 Å². The van der Waals surface area contributed by atoms with Crippen LogP contribution < -0.4 is 5.32 Å². The van der Waals surface area contributed by atoms with E-state index in [1.54, 1.807) is 16.7 Å². The van der Waals surface area contributed by atoms with Crippen molar-refractivity contribution in [2.75, 3.05) is 6.54 Å². The van der Waals surface area contributed by atoms with Gasteiger partial charge in [-0.2, -0.15) is 11.3 Å². The third-order valence-corrected chi connectivity index (χ3v) is 3.72. The molecule has 0 saturated heterocycles. The summed E-state index contributed by atoms with van der Waals surface area (Å²) in [6.07, 6.45) is 2.35. The van der Waals surface area contributed by atoms with Crippen molar-refractivity contribution in [1.29, 1.82) is 0 Å². The van der Waals surface area contributed by atoms with Crippen molar-refractivity contribution in [3.63, 3.8) is 0 Å². The van der Waals surface area contributed by atoms with Gasteiger partial charge in [-0.3, -0.25) is 4.79 Å².